The van der Waals surface area contributed by atoms with Crippen molar-refractivity contribution in [1.29, 1.82) is 0 Å². The lowest BCUT2D eigenvalue weighted by atomic mass is 10.2. The van der Waals surface area contributed by atoms with E-state index in [1.165, 1.54) is 0 Å². The van der Waals surface area contributed by atoms with Gasteiger partial charge >= 0.3 is 6.16 Å². The van der Waals surface area contributed by atoms with Gasteiger partial charge in [0, 0.05) is 0 Å². The Balaban J connectivity index is 2.17. The van der Waals surface area contributed by atoms with Crippen LogP contribution in [0.2, 0.25) is 0 Å². The normalized spacial score (nSPS) is 9.54. The topological polar surface area (TPSA) is 65.0 Å². The van der Waals surface area contributed by atoms with Crippen LogP contribution in [0.1, 0.15) is 5.56 Å². The Morgan fingerprint density at radius 3 is 2.62 bits per heavy atom. The van der Waals surface area contributed by atoms with Gasteiger partial charge in [0.05, 0.1) is 0 Å². The maximum absolute atomic E-state index is 9.78. The lowest BCUT2D eigenvalue weighted by Crippen LogP contribution is -2.02. The third-order valence-corrected chi connectivity index (χ3v) is 1.22. The monoisotopic (exact) mass is 184 g/mol. The van der Waals surface area contributed by atoms with Crippen molar-refractivity contribution in [2.45, 2.75) is 6.61 Å². The molecule has 0 aliphatic heterocycles. The van der Waals surface area contributed by atoms with Gasteiger partial charge in [0.15, 0.2) is 0 Å². The predicted octanol–water partition coefficient (Wildman–Crippen LogP) is 1.74. The van der Waals surface area contributed by atoms with Crippen LogP contribution in [0.4, 0.5) is 4.79 Å². The van der Waals surface area contributed by atoms with Gasteiger partial charge in [0.2, 0.25) is 0 Å². The molecule has 0 unspecified atom stereocenters. The van der Waals surface area contributed by atoms with E-state index in [4.69, 9.17) is 5.11 Å². The highest BCUT2D eigenvalue weighted by atomic mass is 17.5. The van der Waals surface area contributed by atoms with E-state index in [1.54, 1.807) is 0 Å². The number of rotatable bonds is 4. The van der Waals surface area contributed by atoms with Gasteiger partial charge in [0.1, 0.15) is 6.61 Å². The first-order chi connectivity index (χ1) is 6.29. The zero-order valence-electron chi connectivity index (χ0n) is 6.67. The Kier molecular flexibility index (Phi) is 3.74. The van der Waals surface area contributed by atoms with E-state index >= 15 is 0 Å². The van der Waals surface area contributed by atoms with Crippen molar-refractivity contribution in [3.05, 3.63) is 35.9 Å². The van der Waals surface area contributed by atoms with Crippen LogP contribution in [0.5, 0.6) is 0 Å². The Morgan fingerprint density at radius 2 is 2.00 bits per heavy atom. The maximum atomic E-state index is 9.78. The van der Waals surface area contributed by atoms with Crippen LogP contribution in [0, 0.1) is 0 Å². The summed E-state index contributed by atoms with van der Waals surface area (Å²) in [4.78, 5) is 17.9. The average molecular weight is 184 g/mol. The zero-order chi connectivity index (χ0) is 9.52. The molecule has 0 aliphatic carbocycles. The molecule has 0 bridgehead atoms. The van der Waals surface area contributed by atoms with E-state index in [0.717, 1.165) is 5.56 Å². The first-order valence-electron chi connectivity index (χ1n) is 3.52. The molecule has 0 aromatic heterocycles. The summed E-state index contributed by atoms with van der Waals surface area (Å²) in [7, 11) is 0. The minimum Gasteiger partial charge on any atom is -0.448 e. The minimum atomic E-state index is -1.55. The van der Waals surface area contributed by atoms with E-state index in [0.29, 0.717) is 0 Å². The number of carbonyl (C=O) groups is 1. The SMILES string of the molecule is O=C(O)OOOCc1ccccc1. The van der Waals surface area contributed by atoms with E-state index < -0.39 is 6.16 Å². The van der Waals surface area contributed by atoms with Crippen LogP contribution >= 0.6 is 0 Å². The van der Waals surface area contributed by atoms with Crippen molar-refractivity contribution in [3.63, 3.8) is 0 Å². The van der Waals surface area contributed by atoms with Crippen molar-refractivity contribution < 1.29 is 24.7 Å². The molecule has 1 N–H and O–H groups in total. The molecule has 70 valence electrons. The fraction of sp³-hybridized carbons (Fsp3) is 0.125. The summed E-state index contributed by atoms with van der Waals surface area (Å²) in [5, 5.41) is 11.9. The number of hydrogen-bond donors (Lipinski definition) is 1. The fourth-order valence-electron chi connectivity index (χ4n) is 0.719. The van der Waals surface area contributed by atoms with Crippen LogP contribution < -0.4 is 0 Å². The second kappa shape index (κ2) is 5.13. The molecule has 1 rings (SSSR count). The molecule has 5 nitrogen and oxygen atoms in total. The lowest BCUT2D eigenvalue weighted by Gasteiger charge is -1.99. The zero-order valence-corrected chi connectivity index (χ0v) is 6.67. The second-order valence-electron chi connectivity index (χ2n) is 2.17. The summed E-state index contributed by atoms with van der Waals surface area (Å²) in [5.41, 5.74) is 0.858. The van der Waals surface area contributed by atoms with Crippen molar-refractivity contribution in [1.82, 2.24) is 0 Å². The van der Waals surface area contributed by atoms with Gasteiger partial charge in [-0.05, 0) is 10.6 Å². The summed E-state index contributed by atoms with van der Waals surface area (Å²) in [6, 6.07) is 9.14. The van der Waals surface area contributed by atoms with Gasteiger partial charge < -0.3 is 5.11 Å². The Hall–Kier alpha value is -1.59. The summed E-state index contributed by atoms with van der Waals surface area (Å²) in [6.45, 7) is 0.133. The minimum absolute atomic E-state index is 0.133. The maximum Gasteiger partial charge on any atom is 0.540 e. The largest absolute Gasteiger partial charge is 0.540 e. The molecule has 0 radical (unpaired) electrons. The quantitative estimate of drug-likeness (QED) is 0.438. The first kappa shape index (κ1) is 9.50. The number of carboxylic acid groups (broad SMARTS) is 1. The van der Waals surface area contributed by atoms with Crippen LogP contribution in [0.15, 0.2) is 30.3 Å². The van der Waals surface area contributed by atoms with Gasteiger partial charge in [-0.3, -0.25) is 0 Å². The van der Waals surface area contributed by atoms with Crippen molar-refractivity contribution in [2.24, 2.45) is 0 Å². The Bertz CT molecular complexity index is 258. The molecule has 1 aromatic rings. The smallest absolute Gasteiger partial charge is 0.448 e. The molecule has 5 heteroatoms. The lowest BCUT2D eigenvalue weighted by molar-refractivity contribution is -0.491. The van der Waals surface area contributed by atoms with E-state index in [1.807, 2.05) is 30.3 Å². The van der Waals surface area contributed by atoms with Gasteiger partial charge in [-0.1, -0.05) is 30.3 Å². The number of benzene rings is 1. The van der Waals surface area contributed by atoms with Crippen LogP contribution in [-0.2, 0) is 21.4 Å². The molecule has 13 heavy (non-hydrogen) atoms. The number of hydrogen-bond acceptors (Lipinski definition) is 4. The third kappa shape index (κ3) is 4.09. The standard InChI is InChI=1S/C8H8O5/c9-8(10)12-13-11-6-7-4-2-1-3-5-7/h1-5H,6H2,(H,9,10). The molecule has 0 amide bonds. The first-order valence-corrected chi connectivity index (χ1v) is 3.52. The van der Waals surface area contributed by atoms with Gasteiger partial charge in [-0.2, -0.15) is 4.89 Å². The highest BCUT2D eigenvalue weighted by molar-refractivity contribution is 5.55. The van der Waals surface area contributed by atoms with Crippen LogP contribution in [-0.4, -0.2) is 11.3 Å². The second-order valence-corrected chi connectivity index (χ2v) is 2.17. The molecule has 0 saturated carbocycles. The molecule has 1 aromatic carbocycles. The molecule has 0 fully saturated rings. The van der Waals surface area contributed by atoms with Gasteiger partial charge in [-0.15, -0.1) is 0 Å². The average Bonchev–Trinajstić information content (AvgIpc) is 2.14. The summed E-state index contributed by atoms with van der Waals surface area (Å²) in [5.74, 6) is 0. The third-order valence-electron chi connectivity index (χ3n) is 1.22. The highest BCUT2D eigenvalue weighted by Crippen LogP contribution is 2.00. The van der Waals surface area contributed by atoms with Crippen molar-refractivity contribution in [3.8, 4) is 0 Å². The molecule has 0 heterocycles. The predicted molar refractivity (Wildman–Crippen MR) is 41.4 cm³/mol. The molecule has 0 aliphatic rings. The van der Waals surface area contributed by atoms with E-state index in [-0.39, 0.29) is 6.61 Å². The highest BCUT2D eigenvalue weighted by Gasteiger charge is 1.98. The van der Waals surface area contributed by atoms with Crippen LogP contribution in [0.25, 0.3) is 0 Å². The summed E-state index contributed by atoms with van der Waals surface area (Å²) >= 11 is 0. The Labute approximate surface area is 74.3 Å². The van der Waals surface area contributed by atoms with Gasteiger partial charge in [0.25, 0.3) is 0 Å². The Morgan fingerprint density at radius 1 is 1.31 bits per heavy atom. The summed E-state index contributed by atoms with van der Waals surface area (Å²) < 4.78 is 0. The van der Waals surface area contributed by atoms with Crippen molar-refractivity contribution in [2.75, 3.05) is 0 Å². The van der Waals surface area contributed by atoms with Crippen molar-refractivity contribution >= 4 is 6.16 Å². The van der Waals surface area contributed by atoms with Gasteiger partial charge in [-0.25, -0.2) is 9.68 Å². The molecule has 0 saturated heterocycles. The van der Waals surface area contributed by atoms with E-state index in [2.05, 4.69) is 14.8 Å². The molecule has 0 spiro atoms. The van der Waals surface area contributed by atoms with Crippen LogP contribution in [0.3, 0.4) is 0 Å². The summed E-state index contributed by atoms with van der Waals surface area (Å²) in [6.07, 6.45) is -1.55. The fourth-order valence-corrected chi connectivity index (χ4v) is 0.719. The van der Waals surface area contributed by atoms with E-state index in [9.17, 15) is 4.79 Å². The molecular formula is C8H8O5. The molecular weight excluding hydrogens is 176 g/mol. The molecule has 0 atom stereocenters.